The van der Waals surface area contributed by atoms with E-state index >= 15 is 0 Å². The van der Waals surface area contributed by atoms with E-state index in [1.165, 1.54) is 12.1 Å². The van der Waals surface area contributed by atoms with E-state index in [0.717, 1.165) is 19.5 Å². The van der Waals surface area contributed by atoms with Crippen LogP contribution in [0.25, 0.3) is 11.1 Å². The molecule has 0 spiro atoms. The number of halogens is 1. The van der Waals surface area contributed by atoms with Crippen molar-refractivity contribution >= 4 is 17.1 Å². The summed E-state index contributed by atoms with van der Waals surface area (Å²) in [6.07, 6.45) is 4.75. The van der Waals surface area contributed by atoms with Gasteiger partial charge in [0.1, 0.15) is 11.3 Å². The number of fused-ring (bicyclic) bond motifs is 1. The molecule has 1 aliphatic heterocycles. The summed E-state index contributed by atoms with van der Waals surface area (Å²) >= 11 is 0. The minimum atomic E-state index is -0.298. The summed E-state index contributed by atoms with van der Waals surface area (Å²) in [5.41, 5.74) is 1.17. The zero-order valence-electron chi connectivity index (χ0n) is 10.7. The van der Waals surface area contributed by atoms with Gasteiger partial charge in [-0.05, 0) is 24.6 Å². The Morgan fingerprint density at radius 1 is 1.35 bits per heavy atom. The smallest absolute Gasteiger partial charge is 0.298 e. The maximum Gasteiger partial charge on any atom is 0.298 e. The Morgan fingerprint density at radius 3 is 3.15 bits per heavy atom. The second-order valence-corrected chi connectivity index (χ2v) is 4.98. The Hall–Kier alpha value is -2.37. The molecule has 0 aliphatic carbocycles. The third-order valence-electron chi connectivity index (χ3n) is 3.67. The number of oxazole rings is 1. The number of hydrogen-bond acceptors (Lipinski definition) is 4. The Labute approximate surface area is 114 Å². The zero-order valence-corrected chi connectivity index (χ0v) is 10.7. The summed E-state index contributed by atoms with van der Waals surface area (Å²) in [5.74, 6) is -0.298. The van der Waals surface area contributed by atoms with Gasteiger partial charge in [-0.3, -0.25) is 4.68 Å². The monoisotopic (exact) mass is 272 g/mol. The van der Waals surface area contributed by atoms with Gasteiger partial charge in [-0.2, -0.15) is 10.1 Å². The average molecular weight is 272 g/mol. The van der Waals surface area contributed by atoms with Gasteiger partial charge in [0.05, 0.1) is 6.04 Å². The number of benzene rings is 1. The van der Waals surface area contributed by atoms with Crippen molar-refractivity contribution in [2.24, 2.45) is 0 Å². The van der Waals surface area contributed by atoms with E-state index in [2.05, 4.69) is 15.0 Å². The first-order chi connectivity index (χ1) is 9.79. The van der Waals surface area contributed by atoms with Gasteiger partial charge in [0.25, 0.3) is 6.01 Å². The van der Waals surface area contributed by atoms with Crippen LogP contribution >= 0.6 is 0 Å². The first kappa shape index (κ1) is 11.5. The van der Waals surface area contributed by atoms with Gasteiger partial charge in [-0.15, -0.1) is 0 Å². The summed E-state index contributed by atoms with van der Waals surface area (Å²) < 4.78 is 20.8. The molecule has 4 rings (SSSR count). The molecular formula is C14H13FN4O. The second kappa shape index (κ2) is 4.33. The lowest BCUT2D eigenvalue weighted by Crippen LogP contribution is -2.21. The van der Waals surface area contributed by atoms with Crippen molar-refractivity contribution in [2.75, 3.05) is 18.0 Å². The van der Waals surface area contributed by atoms with Crippen molar-refractivity contribution in [1.82, 2.24) is 14.8 Å². The van der Waals surface area contributed by atoms with E-state index in [-0.39, 0.29) is 5.82 Å². The number of nitrogens with zero attached hydrogens (tertiary/aromatic N) is 4. The fourth-order valence-electron chi connectivity index (χ4n) is 2.65. The average Bonchev–Trinajstić information content (AvgIpc) is 3.17. The molecular weight excluding hydrogens is 259 g/mol. The van der Waals surface area contributed by atoms with E-state index in [4.69, 9.17) is 4.42 Å². The van der Waals surface area contributed by atoms with Crippen molar-refractivity contribution in [2.45, 2.75) is 12.5 Å². The van der Waals surface area contributed by atoms with Crippen LogP contribution in [0, 0.1) is 5.82 Å². The zero-order chi connectivity index (χ0) is 13.5. The molecule has 6 heteroatoms. The fraction of sp³-hybridized carbons (Fsp3) is 0.286. The molecule has 3 heterocycles. The molecule has 1 atom stereocenters. The van der Waals surface area contributed by atoms with Crippen LogP contribution in [0.5, 0.6) is 0 Å². The van der Waals surface area contributed by atoms with E-state index in [9.17, 15) is 4.39 Å². The number of aromatic nitrogens is 3. The van der Waals surface area contributed by atoms with E-state index in [0.29, 0.717) is 23.2 Å². The van der Waals surface area contributed by atoms with Gasteiger partial charge in [0.2, 0.25) is 0 Å². The van der Waals surface area contributed by atoms with E-state index in [1.54, 1.807) is 12.3 Å². The number of anilines is 1. The number of rotatable bonds is 2. The lowest BCUT2D eigenvalue weighted by atomic mass is 10.3. The van der Waals surface area contributed by atoms with E-state index in [1.807, 2.05) is 16.9 Å². The molecule has 3 aromatic rings. The van der Waals surface area contributed by atoms with Crippen LogP contribution in [-0.2, 0) is 0 Å². The normalized spacial score (nSPS) is 19.1. The van der Waals surface area contributed by atoms with Crippen molar-refractivity contribution in [1.29, 1.82) is 0 Å². The maximum atomic E-state index is 13.2. The Balaban J connectivity index is 1.61. The van der Waals surface area contributed by atoms with Gasteiger partial charge in [-0.25, -0.2) is 4.39 Å². The second-order valence-electron chi connectivity index (χ2n) is 4.98. The Morgan fingerprint density at radius 2 is 2.30 bits per heavy atom. The van der Waals surface area contributed by atoms with Crippen molar-refractivity contribution in [3.05, 3.63) is 42.5 Å². The molecule has 1 unspecified atom stereocenters. The largest absolute Gasteiger partial charge is 0.423 e. The molecule has 0 amide bonds. The third kappa shape index (κ3) is 1.84. The lowest BCUT2D eigenvalue weighted by molar-refractivity contribution is 0.490. The standard InChI is InChI=1S/C14H13FN4O/c15-10-2-3-13-12(8-10)17-14(20-13)18-7-4-11(9-18)19-6-1-5-16-19/h1-3,5-6,8,11H,4,7,9H2. The molecule has 5 nitrogen and oxygen atoms in total. The van der Waals surface area contributed by atoms with Gasteiger partial charge < -0.3 is 9.32 Å². The third-order valence-corrected chi connectivity index (χ3v) is 3.67. The number of hydrogen-bond donors (Lipinski definition) is 0. The summed E-state index contributed by atoms with van der Waals surface area (Å²) in [6.45, 7) is 1.66. The highest BCUT2D eigenvalue weighted by Gasteiger charge is 2.27. The summed E-state index contributed by atoms with van der Waals surface area (Å²) in [4.78, 5) is 6.43. The Kier molecular flexibility index (Phi) is 2.48. The first-order valence-corrected chi connectivity index (χ1v) is 6.60. The van der Waals surface area contributed by atoms with E-state index < -0.39 is 0 Å². The summed E-state index contributed by atoms with van der Waals surface area (Å²) in [5, 5.41) is 4.27. The van der Waals surface area contributed by atoms with Crippen LogP contribution in [0.15, 0.2) is 41.1 Å². The van der Waals surface area contributed by atoms with Crippen LogP contribution in [0.4, 0.5) is 10.4 Å². The molecule has 1 aliphatic rings. The molecule has 0 N–H and O–H groups in total. The van der Waals surface area contributed by atoms with Gasteiger partial charge in [0.15, 0.2) is 5.58 Å². The molecule has 2 aromatic heterocycles. The maximum absolute atomic E-state index is 13.2. The van der Waals surface area contributed by atoms with Crippen LogP contribution in [0.1, 0.15) is 12.5 Å². The molecule has 0 bridgehead atoms. The van der Waals surface area contributed by atoms with Crippen molar-refractivity contribution in [3.63, 3.8) is 0 Å². The molecule has 102 valence electrons. The highest BCUT2D eigenvalue weighted by Crippen LogP contribution is 2.28. The summed E-state index contributed by atoms with van der Waals surface area (Å²) in [7, 11) is 0. The topological polar surface area (TPSA) is 47.1 Å². The SMILES string of the molecule is Fc1ccc2oc(N3CCC(n4cccn4)C3)nc2c1. The van der Waals surface area contributed by atoms with Crippen LogP contribution in [0.3, 0.4) is 0 Å². The molecule has 1 saturated heterocycles. The highest BCUT2D eigenvalue weighted by molar-refractivity contribution is 5.74. The molecule has 20 heavy (non-hydrogen) atoms. The van der Waals surface area contributed by atoms with Gasteiger partial charge in [0, 0.05) is 31.5 Å². The van der Waals surface area contributed by atoms with Crippen LogP contribution < -0.4 is 4.90 Å². The minimum Gasteiger partial charge on any atom is -0.423 e. The quantitative estimate of drug-likeness (QED) is 0.719. The lowest BCUT2D eigenvalue weighted by Gasteiger charge is -2.13. The molecule has 1 fully saturated rings. The van der Waals surface area contributed by atoms with Crippen LogP contribution in [-0.4, -0.2) is 27.9 Å². The Bertz CT molecular complexity index is 737. The van der Waals surface area contributed by atoms with Gasteiger partial charge in [-0.1, -0.05) is 0 Å². The van der Waals surface area contributed by atoms with Gasteiger partial charge >= 0.3 is 0 Å². The highest BCUT2D eigenvalue weighted by atomic mass is 19.1. The predicted molar refractivity (Wildman–Crippen MR) is 72.1 cm³/mol. The van der Waals surface area contributed by atoms with Crippen molar-refractivity contribution < 1.29 is 8.81 Å². The minimum absolute atomic E-state index is 0.298. The fourth-order valence-corrected chi connectivity index (χ4v) is 2.65. The van der Waals surface area contributed by atoms with Crippen molar-refractivity contribution in [3.8, 4) is 0 Å². The van der Waals surface area contributed by atoms with Crippen LogP contribution in [0.2, 0.25) is 0 Å². The summed E-state index contributed by atoms with van der Waals surface area (Å²) in [6, 6.07) is 7.20. The molecule has 1 aromatic carbocycles. The molecule has 0 radical (unpaired) electrons. The first-order valence-electron chi connectivity index (χ1n) is 6.60. The predicted octanol–water partition coefficient (Wildman–Crippen LogP) is 2.61. The molecule has 0 saturated carbocycles.